The average molecular weight is 667 g/mol. The van der Waals surface area contributed by atoms with E-state index in [1.54, 1.807) is 5.57 Å². The minimum atomic E-state index is -1.99. The van der Waals surface area contributed by atoms with E-state index in [1.807, 2.05) is 6.08 Å². The summed E-state index contributed by atoms with van der Waals surface area (Å²) in [5.41, 5.74) is 4.39. The molecule has 0 amide bonds. The minimum absolute atomic E-state index is 0.0133. The van der Waals surface area contributed by atoms with Crippen LogP contribution in [-0.2, 0) is 13.6 Å². The van der Waals surface area contributed by atoms with Gasteiger partial charge in [-0.05, 0) is 134 Å². The van der Waals surface area contributed by atoms with Gasteiger partial charge in [0.1, 0.15) is 0 Å². The Morgan fingerprint density at radius 3 is 2.15 bits per heavy atom. The SMILES string of the molecule is C=C1C(=CC=C2CCC[C@]3(C)[C@@H]([C@H](C)C=CC(=O)C4(CC)CC4)CC[C@@H]23)C[C@@H](O[Si](C)(C)C(C)(C)C)C[C@@H]1O[Si](C)(C)C(C)(C)C. The maximum absolute atomic E-state index is 12.9. The number of carbonyl (C=O) groups is 1. The predicted molar refractivity (Wildman–Crippen MR) is 202 cm³/mol. The lowest BCUT2D eigenvalue weighted by atomic mass is 9.61. The van der Waals surface area contributed by atoms with Crippen LogP contribution in [0.1, 0.15) is 127 Å². The topological polar surface area (TPSA) is 35.5 Å². The molecule has 0 bridgehead atoms. The number of hydrogen-bond acceptors (Lipinski definition) is 3. The van der Waals surface area contributed by atoms with Crippen LogP contribution in [0.25, 0.3) is 0 Å². The molecule has 5 heteroatoms. The number of rotatable bonds is 10. The number of allylic oxidation sites excluding steroid dienone is 5. The lowest BCUT2D eigenvalue weighted by Gasteiger charge is -2.45. The predicted octanol–water partition coefficient (Wildman–Crippen LogP) is 12.1. The van der Waals surface area contributed by atoms with E-state index >= 15 is 0 Å². The van der Waals surface area contributed by atoms with E-state index in [-0.39, 0.29) is 27.7 Å². The molecule has 260 valence electrons. The fourth-order valence-electron chi connectivity index (χ4n) is 8.38. The first-order valence-corrected chi connectivity index (χ1v) is 24.6. The number of carbonyl (C=O) groups excluding carboxylic acids is 1. The zero-order valence-corrected chi connectivity index (χ0v) is 34.2. The van der Waals surface area contributed by atoms with Gasteiger partial charge in [0.15, 0.2) is 22.4 Å². The first-order valence-electron chi connectivity index (χ1n) is 18.7. The highest BCUT2D eigenvalue weighted by atomic mass is 28.4. The molecule has 0 unspecified atom stereocenters. The Kier molecular flexibility index (Phi) is 11.0. The van der Waals surface area contributed by atoms with Crippen LogP contribution in [0.4, 0.5) is 0 Å². The van der Waals surface area contributed by atoms with Gasteiger partial charge in [0.2, 0.25) is 0 Å². The zero-order valence-electron chi connectivity index (χ0n) is 32.2. The summed E-state index contributed by atoms with van der Waals surface area (Å²) in [4.78, 5) is 12.9. The normalized spacial score (nSPS) is 33.1. The summed E-state index contributed by atoms with van der Waals surface area (Å²) in [6.07, 6.45) is 20.5. The van der Waals surface area contributed by atoms with Gasteiger partial charge >= 0.3 is 0 Å². The van der Waals surface area contributed by atoms with Crippen LogP contribution in [0, 0.1) is 28.6 Å². The zero-order chi connectivity index (χ0) is 34.5. The van der Waals surface area contributed by atoms with Gasteiger partial charge in [0.05, 0.1) is 12.2 Å². The van der Waals surface area contributed by atoms with Crippen molar-refractivity contribution in [1.29, 1.82) is 0 Å². The second kappa shape index (κ2) is 13.4. The van der Waals surface area contributed by atoms with Crippen molar-refractivity contribution in [2.24, 2.45) is 28.6 Å². The van der Waals surface area contributed by atoms with Gasteiger partial charge in [0.25, 0.3) is 0 Å². The molecule has 0 aromatic rings. The Hall–Kier alpha value is -1.02. The van der Waals surface area contributed by atoms with Gasteiger partial charge in [0, 0.05) is 11.8 Å². The lowest BCUT2D eigenvalue weighted by molar-refractivity contribution is -0.119. The van der Waals surface area contributed by atoms with Crippen molar-refractivity contribution in [2.45, 2.75) is 175 Å². The molecule has 0 spiro atoms. The second-order valence-electron chi connectivity index (χ2n) is 19.1. The van der Waals surface area contributed by atoms with E-state index in [2.05, 4.69) is 113 Å². The highest BCUT2D eigenvalue weighted by molar-refractivity contribution is 6.74. The standard InChI is InChI=1S/C41H70O3Si2/c1-15-41(25-26-41)37(42)23-18-29(2)34-21-22-35-31(17-16-24-40(34,35)10)19-20-32-27-33(43-45(11,12)38(4,5)6)28-36(30(32)3)44-46(13,14)39(7,8)9/h18-20,23,29,33-36H,3,15-17,21-22,24-28H2,1-2,4-14H3/t29-,33-,34-,35+,36+,40-/m1/s1. The molecule has 0 saturated heterocycles. The summed E-state index contributed by atoms with van der Waals surface area (Å²) in [5, 5.41) is 0.316. The summed E-state index contributed by atoms with van der Waals surface area (Å²) in [6.45, 7) is 35.3. The molecule has 0 aliphatic heterocycles. The molecule has 4 fully saturated rings. The van der Waals surface area contributed by atoms with E-state index in [0.29, 0.717) is 29.0 Å². The van der Waals surface area contributed by atoms with Crippen LogP contribution in [0.2, 0.25) is 36.3 Å². The van der Waals surface area contributed by atoms with Gasteiger partial charge in [-0.25, -0.2) is 0 Å². The molecule has 3 nitrogen and oxygen atoms in total. The third-order valence-electron chi connectivity index (χ3n) is 14.0. The summed E-state index contributed by atoms with van der Waals surface area (Å²) >= 11 is 0. The van der Waals surface area contributed by atoms with Gasteiger partial charge in [-0.3, -0.25) is 4.79 Å². The van der Waals surface area contributed by atoms with Gasteiger partial charge in [-0.2, -0.15) is 0 Å². The highest BCUT2D eigenvalue weighted by Gasteiger charge is 2.51. The molecule has 0 heterocycles. The first kappa shape index (κ1) is 37.8. The van der Waals surface area contributed by atoms with Crippen molar-refractivity contribution in [3.05, 3.63) is 47.6 Å². The fourth-order valence-corrected chi connectivity index (χ4v) is 11.1. The Balaban J connectivity index is 1.57. The summed E-state index contributed by atoms with van der Waals surface area (Å²) in [7, 11) is -3.92. The van der Waals surface area contributed by atoms with E-state index < -0.39 is 16.6 Å². The summed E-state index contributed by atoms with van der Waals surface area (Å²) < 4.78 is 14.2. The minimum Gasteiger partial charge on any atom is -0.413 e. The van der Waals surface area contributed by atoms with E-state index in [0.717, 1.165) is 32.1 Å². The second-order valence-corrected chi connectivity index (χ2v) is 28.6. The van der Waals surface area contributed by atoms with Crippen LogP contribution in [0.3, 0.4) is 0 Å². The number of fused-ring (bicyclic) bond motifs is 1. The van der Waals surface area contributed by atoms with Gasteiger partial charge in [-0.1, -0.05) is 92.7 Å². The van der Waals surface area contributed by atoms with E-state index in [4.69, 9.17) is 8.85 Å². The number of hydrogen-bond donors (Lipinski definition) is 0. The highest BCUT2D eigenvalue weighted by Crippen LogP contribution is 2.60. The Morgan fingerprint density at radius 2 is 1.59 bits per heavy atom. The molecule has 6 atom stereocenters. The van der Waals surface area contributed by atoms with Crippen molar-refractivity contribution in [1.82, 2.24) is 0 Å². The van der Waals surface area contributed by atoms with Crippen molar-refractivity contribution in [3.8, 4) is 0 Å². The van der Waals surface area contributed by atoms with Crippen molar-refractivity contribution < 1.29 is 13.6 Å². The average Bonchev–Trinajstić information content (AvgIpc) is 3.65. The molecular formula is C41H70O3Si2. The fraction of sp³-hybridized carbons (Fsp3) is 0.780. The molecule has 4 rings (SSSR count). The summed E-state index contributed by atoms with van der Waals surface area (Å²) in [6, 6.07) is 0. The van der Waals surface area contributed by atoms with Gasteiger partial charge < -0.3 is 8.85 Å². The van der Waals surface area contributed by atoms with Crippen LogP contribution in [0.15, 0.2) is 47.6 Å². The van der Waals surface area contributed by atoms with Crippen LogP contribution >= 0.6 is 0 Å². The molecule has 0 N–H and O–H groups in total. The molecule has 4 aliphatic rings. The van der Waals surface area contributed by atoms with Crippen molar-refractivity contribution in [2.75, 3.05) is 0 Å². The Morgan fingerprint density at radius 1 is 0.978 bits per heavy atom. The molecule has 4 saturated carbocycles. The van der Waals surface area contributed by atoms with E-state index in [1.165, 1.54) is 43.3 Å². The largest absolute Gasteiger partial charge is 0.413 e. The first-order chi connectivity index (χ1) is 21.1. The quantitative estimate of drug-likeness (QED) is 0.172. The van der Waals surface area contributed by atoms with Gasteiger partial charge in [-0.15, -0.1) is 0 Å². The molecule has 0 radical (unpaired) electrons. The van der Waals surface area contributed by atoms with Crippen LogP contribution in [-0.4, -0.2) is 34.6 Å². The Bertz CT molecular complexity index is 1230. The van der Waals surface area contributed by atoms with Crippen molar-refractivity contribution in [3.63, 3.8) is 0 Å². The molecule has 0 aromatic carbocycles. The van der Waals surface area contributed by atoms with E-state index in [9.17, 15) is 4.79 Å². The monoisotopic (exact) mass is 666 g/mol. The third kappa shape index (κ3) is 7.73. The lowest BCUT2D eigenvalue weighted by Crippen LogP contribution is -2.49. The third-order valence-corrected chi connectivity index (χ3v) is 23.0. The van der Waals surface area contributed by atoms with Crippen LogP contribution < -0.4 is 0 Å². The van der Waals surface area contributed by atoms with Crippen molar-refractivity contribution >= 4 is 22.4 Å². The van der Waals surface area contributed by atoms with Crippen LogP contribution in [0.5, 0.6) is 0 Å². The molecule has 4 aliphatic carbocycles. The molecule has 0 aromatic heterocycles. The maximum Gasteiger partial charge on any atom is 0.192 e. The Labute approximate surface area is 286 Å². The molecular weight excluding hydrogens is 597 g/mol. The number of ketones is 1. The smallest absolute Gasteiger partial charge is 0.192 e. The molecule has 46 heavy (non-hydrogen) atoms. The summed E-state index contributed by atoms with van der Waals surface area (Å²) in [5.74, 6) is 2.06. The maximum atomic E-state index is 12.9.